The number of hydrogen-bond donors (Lipinski definition) is 2. The van der Waals surface area contributed by atoms with Gasteiger partial charge in [0.05, 0.1) is 0 Å². The third-order valence-corrected chi connectivity index (χ3v) is 5.70. The number of nitrogens with zero attached hydrogens (tertiary/aromatic N) is 1. The van der Waals surface area contributed by atoms with E-state index in [1.807, 2.05) is 54.6 Å². The number of fused-ring (bicyclic) bond motifs is 1. The van der Waals surface area contributed by atoms with Gasteiger partial charge in [0.2, 0.25) is 0 Å². The lowest BCUT2D eigenvalue weighted by molar-refractivity contribution is 0.0978. The van der Waals surface area contributed by atoms with E-state index >= 15 is 0 Å². The van der Waals surface area contributed by atoms with E-state index in [0.717, 1.165) is 23.0 Å². The van der Waals surface area contributed by atoms with Gasteiger partial charge in [-0.15, -0.1) is 0 Å². The fourth-order valence-electron chi connectivity index (χ4n) is 3.89. The highest BCUT2D eigenvalue weighted by atomic mass is 32.1. The van der Waals surface area contributed by atoms with Crippen LogP contribution in [0.1, 0.15) is 36.5 Å². The summed E-state index contributed by atoms with van der Waals surface area (Å²) in [5.74, 6) is -0.216. The molecule has 1 aliphatic rings. The van der Waals surface area contributed by atoms with Crippen molar-refractivity contribution in [3.05, 3.63) is 72.3 Å². The molecule has 1 fully saturated rings. The molecule has 0 saturated carbocycles. The number of benzene rings is 3. The van der Waals surface area contributed by atoms with Crippen molar-refractivity contribution in [3.63, 3.8) is 0 Å². The summed E-state index contributed by atoms with van der Waals surface area (Å²) in [5, 5.41) is 8.29. The molecular weight excluding hydrogens is 378 g/mol. The second-order valence-electron chi connectivity index (χ2n) is 7.56. The van der Waals surface area contributed by atoms with E-state index < -0.39 is 0 Å². The van der Waals surface area contributed by atoms with Gasteiger partial charge in [0.25, 0.3) is 5.91 Å². The van der Waals surface area contributed by atoms with E-state index in [1.165, 1.54) is 24.9 Å². The number of carbonyl (C=O) groups is 1. The van der Waals surface area contributed by atoms with E-state index in [1.54, 1.807) is 0 Å². The Morgan fingerprint density at radius 1 is 1.00 bits per heavy atom. The zero-order valence-corrected chi connectivity index (χ0v) is 17.3. The van der Waals surface area contributed by atoms with E-state index in [2.05, 4.69) is 34.6 Å². The molecule has 1 aliphatic heterocycles. The Kier molecular flexibility index (Phi) is 5.76. The van der Waals surface area contributed by atoms with Crippen LogP contribution in [0.25, 0.3) is 10.8 Å². The molecular formula is C24H25N3OS. The molecule has 29 heavy (non-hydrogen) atoms. The highest BCUT2D eigenvalue weighted by Gasteiger charge is 2.18. The van der Waals surface area contributed by atoms with Gasteiger partial charge in [-0.3, -0.25) is 10.1 Å². The zero-order chi connectivity index (χ0) is 20.2. The minimum Gasteiger partial charge on any atom is -0.369 e. The monoisotopic (exact) mass is 403 g/mol. The first-order valence-corrected chi connectivity index (χ1v) is 10.5. The van der Waals surface area contributed by atoms with Crippen LogP contribution < -0.4 is 15.5 Å². The quantitative estimate of drug-likeness (QED) is 0.579. The van der Waals surface area contributed by atoms with Crippen LogP contribution in [0.2, 0.25) is 0 Å². The van der Waals surface area contributed by atoms with Gasteiger partial charge in [-0.05, 0) is 85.6 Å². The Hall–Kier alpha value is -2.92. The number of amides is 1. The van der Waals surface area contributed by atoms with Gasteiger partial charge in [0, 0.05) is 29.5 Å². The Labute approximate surface area is 176 Å². The van der Waals surface area contributed by atoms with Gasteiger partial charge in [-0.25, -0.2) is 0 Å². The van der Waals surface area contributed by atoms with Crippen molar-refractivity contribution in [2.24, 2.45) is 0 Å². The molecule has 1 saturated heterocycles. The van der Waals surface area contributed by atoms with Crippen molar-refractivity contribution < 1.29 is 4.79 Å². The molecule has 4 rings (SSSR count). The Balaban J connectivity index is 1.38. The lowest BCUT2D eigenvalue weighted by atomic mass is 10.0. The average Bonchev–Trinajstić information content (AvgIpc) is 2.74. The summed E-state index contributed by atoms with van der Waals surface area (Å²) < 4.78 is 0. The Morgan fingerprint density at radius 2 is 1.76 bits per heavy atom. The first-order valence-electron chi connectivity index (χ1n) is 10.1. The minimum atomic E-state index is -0.216. The smallest absolute Gasteiger partial charge is 0.257 e. The molecule has 3 aromatic carbocycles. The molecule has 0 aromatic heterocycles. The van der Waals surface area contributed by atoms with Gasteiger partial charge in [0.15, 0.2) is 5.11 Å². The molecule has 0 radical (unpaired) electrons. The zero-order valence-electron chi connectivity index (χ0n) is 16.5. The van der Waals surface area contributed by atoms with E-state index in [4.69, 9.17) is 12.2 Å². The maximum atomic E-state index is 12.5. The first kappa shape index (κ1) is 19.4. The standard InChI is InChI=1S/C24H25N3OS/c1-17-6-4-5-15-27(17)22-13-11-21(12-14-22)25-24(29)26-23(28)20-10-9-18-7-2-3-8-19(18)16-20/h2-3,7-14,16-17H,4-6,15H2,1H3,(H2,25,26,28,29)/t17-/m1/s1. The Morgan fingerprint density at radius 3 is 2.52 bits per heavy atom. The molecule has 4 nitrogen and oxygen atoms in total. The van der Waals surface area contributed by atoms with Gasteiger partial charge in [0.1, 0.15) is 0 Å². The molecule has 2 N–H and O–H groups in total. The molecule has 0 unspecified atom stereocenters. The van der Waals surface area contributed by atoms with Crippen LogP contribution in [-0.2, 0) is 0 Å². The van der Waals surface area contributed by atoms with Crippen molar-refractivity contribution in [2.75, 3.05) is 16.8 Å². The molecule has 0 spiro atoms. The SMILES string of the molecule is C[C@@H]1CCCCN1c1ccc(NC(=S)NC(=O)c2ccc3ccccc3c2)cc1. The minimum absolute atomic E-state index is 0.216. The van der Waals surface area contributed by atoms with Crippen LogP contribution in [0.5, 0.6) is 0 Å². The van der Waals surface area contributed by atoms with Gasteiger partial charge < -0.3 is 10.2 Å². The largest absolute Gasteiger partial charge is 0.369 e. The molecule has 3 aromatic rings. The number of anilines is 2. The average molecular weight is 404 g/mol. The summed E-state index contributed by atoms with van der Waals surface area (Å²) in [6.07, 6.45) is 3.79. The maximum Gasteiger partial charge on any atom is 0.257 e. The van der Waals surface area contributed by atoms with Gasteiger partial charge in [-0.2, -0.15) is 0 Å². The summed E-state index contributed by atoms with van der Waals surface area (Å²) in [6.45, 7) is 3.39. The number of rotatable bonds is 3. The molecule has 0 aliphatic carbocycles. The van der Waals surface area contributed by atoms with E-state index in [-0.39, 0.29) is 5.91 Å². The summed E-state index contributed by atoms with van der Waals surface area (Å²) in [5.41, 5.74) is 2.68. The second kappa shape index (κ2) is 8.62. The fraction of sp³-hybridized carbons (Fsp3) is 0.250. The number of nitrogens with one attached hydrogen (secondary N) is 2. The molecule has 148 valence electrons. The van der Waals surface area contributed by atoms with Crippen molar-refractivity contribution in [3.8, 4) is 0 Å². The fourth-order valence-corrected chi connectivity index (χ4v) is 4.10. The normalized spacial score (nSPS) is 16.4. The Bertz CT molecular complexity index is 1030. The van der Waals surface area contributed by atoms with Crippen molar-refractivity contribution in [1.82, 2.24) is 5.32 Å². The lowest BCUT2D eigenvalue weighted by Gasteiger charge is -2.35. The van der Waals surface area contributed by atoms with Crippen LogP contribution in [-0.4, -0.2) is 23.6 Å². The molecule has 1 heterocycles. The lowest BCUT2D eigenvalue weighted by Crippen LogP contribution is -2.37. The van der Waals surface area contributed by atoms with Crippen LogP contribution in [0.3, 0.4) is 0 Å². The summed E-state index contributed by atoms with van der Waals surface area (Å²) in [6, 6.07) is 22.4. The van der Waals surface area contributed by atoms with Crippen LogP contribution in [0.4, 0.5) is 11.4 Å². The molecule has 1 amide bonds. The number of piperidine rings is 1. The highest BCUT2D eigenvalue weighted by molar-refractivity contribution is 7.80. The summed E-state index contributed by atoms with van der Waals surface area (Å²) >= 11 is 5.33. The molecule has 1 atom stereocenters. The van der Waals surface area contributed by atoms with E-state index in [9.17, 15) is 4.79 Å². The van der Waals surface area contributed by atoms with E-state index in [0.29, 0.717) is 16.7 Å². The molecule has 5 heteroatoms. The molecule has 0 bridgehead atoms. The predicted octanol–water partition coefficient (Wildman–Crippen LogP) is 5.35. The van der Waals surface area contributed by atoms with Crippen LogP contribution >= 0.6 is 12.2 Å². The number of hydrogen-bond acceptors (Lipinski definition) is 3. The van der Waals surface area contributed by atoms with Crippen LogP contribution in [0.15, 0.2) is 66.7 Å². The second-order valence-corrected chi connectivity index (χ2v) is 7.96. The topological polar surface area (TPSA) is 44.4 Å². The first-order chi connectivity index (χ1) is 14.1. The van der Waals surface area contributed by atoms with Crippen molar-refractivity contribution in [1.29, 1.82) is 0 Å². The van der Waals surface area contributed by atoms with Gasteiger partial charge in [-0.1, -0.05) is 30.3 Å². The maximum absolute atomic E-state index is 12.5. The number of thiocarbonyl (C=S) groups is 1. The van der Waals surface area contributed by atoms with Crippen molar-refractivity contribution >= 4 is 45.4 Å². The third kappa shape index (κ3) is 4.57. The third-order valence-electron chi connectivity index (χ3n) is 5.50. The van der Waals surface area contributed by atoms with Crippen molar-refractivity contribution in [2.45, 2.75) is 32.2 Å². The van der Waals surface area contributed by atoms with Gasteiger partial charge >= 0.3 is 0 Å². The number of carbonyl (C=O) groups excluding carboxylic acids is 1. The predicted molar refractivity (Wildman–Crippen MR) is 125 cm³/mol. The summed E-state index contributed by atoms with van der Waals surface area (Å²) in [4.78, 5) is 15.0. The summed E-state index contributed by atoms with van der Waals surface area (Å²) in [7, 11) is 0. The van der Waals surface area contributed by atoms with Crippen LogP contribution in [0, 0.1) is 0 Å². The highest BCUT2D eigenvalue weighted by Crippen LogP contribution is 2.25.